The van der Waals surface area contributed by atoms with E-state index in [4.69, 9.17) is 16.3 Å². The molecule has 0 amide bonds. The van der Waals surface area contributed by atoms with Crippen molar-refractivity contribution in [2.75, 3.05) is 18.5 Å². The minimum absolute atomic E-state index is 0.404. The van der Waals surface area contributed by atoms with Crippen molar-refractivity contribution in [2.45, 2.75) is 26.3 Å². The van der Waals surface area contributed by atoms with Crippen LogP contribution in [0.15, 0.2) is 18.2 Å². The van der Waals surface area contributed by atoms with Gasteiger partial charge in [-0.2, -0.15) is 0 Å². The molecule has 1 aliphatic rings. The maximum Gasteiger partial charge on any atom is 0.0640 e. The van der Waals surface area contributed by atoms with E-state index in [1.165, 1.54) is 5.56 Å². The van der Waals surface area contributed by atoms with E-state index in [0.717, 1.165) is 30.3 Å². The highest BCUT2D eigenvalue weighted by Gasteiger charge is 2.22. The molecule has 2 nitrogen and oxygen atoms in total. The van der Waals surface area contributed by atoms with Gasteiger partial charge in [-0.05, 0) is 31.9 Å². The number of nitrogens with one attached hydrogen (secondary N) is 1. The van der Waals surface area contributed by atoms with E-state index < -0.39 is 0 Å². The molecule has 1 heterocycles. The Kier molecular flexibility index (Phi) is 3.72. The molecule has 2 rings (SSSR count). The quantitative estimate of drug-likeness (QED) is 0.872. The molecule has 88 valence electrons. The van der Waals surface area contributed by atoms with Crippen LogP contribution in [0.1, 0.15) is 18.9 Å². The monoisotopic (exact) mass is 239 g/mol. The zero-order valence-corrected chi connectivity index (χ0v) is 10.6. The van der Waals surface area contributed by atoms with E-state index in [1.54, 1.807) is 0 Å². The first-order chi connectivity index (χ1) is 7.68. The fourth-order valence-corrected chi connectivity index (χ4v) is 2.38. The third-order valence-corrected chi connectivity index (χ3v) is 3.58. The van der Waals surface area contributed by atoms with Gasteiger partial charge in [-0.15, -0.1) is 0 Å². The van der Waals surface area contributed by atoms with Gasteiger partial charge in [0.2, 0.25) is 0 Å². The number of halogens is 1. The number of anilines is 1. The zero-order chi connectivity index (χ0) is 11.5. The molecule has 2 unspecified atom stereocenters. The van der Waals surface area contributed by atoms with E-state index >= 15 is 0 Å². The SMILES string of the molecule is Cc1cccc(Cl)c1NC(C)C1CCOC1. The van der Waals surface area contributed by atoms with Crippen molar-refractivity contribution in [3.05, 3.63) is 28.8 Å². The maximum atomic E-state index is 6.19. The second-order valence-electron chi connectivity index (χ2n) is 4.49. The minimum Gasteiger partial charge on any atom is -0.381 e. The van der Waals surface area contributed by atoms with Gasteiger partial charge in [0.05, 0.1) is 17.3 Å². The van der Waals surface area contributed by atoms with Gasteiger partial charge in [0.1, 0.15) is 0 Å². The Labute approximate surface area is 102 Å². The lowest BCUT2D eigenvalue weighted by atomic mass is 10.00. The van der Waals surface area contributed by atoms with Crippen LogP contribution in [0.25, 0.3) is 0 Å². The summed E-state index contributed by atoms with van der Waals surface area (Å²) in [6.07, 6.45) is 1.14. The molecule has 0 bridgehead atoms. The zero-order valence-electron chi connectivity index (χ0n) is 9.79. The average molecular weight is 240 g/mol. The van der Waals surface area contributed by atoms with Crippen molar-refractivity contribution >= 4 is 17.3 Å². The number of aryl methyl sites for hydroxylation is 1. The first kappa shape index (κ1) is 11.7. The maximum absolute atomic E-state index is 6.19. The first-order valence-corrected chi connectivity index (χ1v) is 6.15. The topological polar surface area (TPSA) is 21.3 Å². The second kappa shape index (κ2) is 5.07. The van der Waals surface area contributed by atoms with E-state index in [2.05, 4.69) is 25.2 Å². The molecular formula is C13H18ClNO. The Bertz CT molecular complexity index is 341. The lowest BCUT2D eigenvalue weighted by molar-refractivity contribution is 0.183. The highest BCUT2D eigenvalue weighted by Crippen LogP contribution is 2.28. The van der Waals surface area contributed by atoms with Crippen LogP contribution in [0.5, 0.6) is 0 Å². The molecule has 1 aromatic carbocycles. The van der Waals surface area contributed by atoms with Crippen molar-refractivity contribution < 1.29 is 4.74 Å². The molecular weight excluding hydrogens is 222 g/mol. The minimum atomic E-state index is 0.404. The van der Waals surface area contributed by atoms with E-state index in [-0.39, 0.29) is 0 Å². The normalized spacial score (nSPS) is 22.1. The number of rotatable bonds is 3. The summed E-state index contributed by atoms with van der Waals surface area (Å²) in [6.45, 7) is 6.02. The lowest BCUT2D eigenvalue weighted by Gasteiger charge is -2.22. The standard InChI is InChI=1S/C13H18ClNO/c1-9-4-3-5-12(14)13(9)15-10(2)11-6-7-16-8-11/h3-5,10-11,15H,6-8H2,1-2H3. The van der Waals surface area contributed by atoms with Crippen LogP contribution in [0.3, 0.4) is 0 Å². The molecule has 2 atom stereocenters. The van der Waals surface area contributed by atoms with Crippen molar-refractivity contribution in [3.8, 4) is 0 Å². The van der Waals surface area contributed by atoms with Crippen molar-refractivity contribution in [1.82, 2.24) is 0 Å². The summed E-state index contributed by atoms with van der Waals surface area (Å²) in [5.74, 6) is 0.593. The number of para-hydroxylation sites is 1. The van der Waals surface area contributed by atoms with E-state index in [9.17, 15) is 0 Å². The van der Waals surface area contributed by atoms with Gasteiger partial charge in [-0.1, -0.05) is 23.7 Å². The Balaban J connectivity index is 2.07. The van der Waals surface area contributed by atoms with Crippen LogP contribution in [0.4, 0.5) is 5.69 Å². The summed E-state index contributed by atoms with van der Waals surface area (Å²) < 4.78 is 5.40. The van der Waals surface area contributed by atoms with Crippen molar-refractivity contribution in [3.63, 3.8) is 0 Å². The number of benzene rings is 1. The fraction of sp³-hybridized carbons (Fsp3) is 0.538. The summed E-state index contributed by atoms with van der Waals surface area (Å²) in [7, 11) is 0. The molecule has 3 heteroatoms. The van der Waals surface area contributed by atoms with Gasteiger partial charge >= 0.3 is 0 Å². The lowest BCUT2D eigenvalue weighted by Crippen LogP contribution is -2.26. The molecule has 0 radical (unpaired) electrons. The molecule has 0 aliphatic carbocycles. The summed E-state index contributed by atoms with van der Waals surface area (Å²) >= 11 is 6.19. The fourth-order valence-electron chi connectivity index (χ4n) is 2.11. The smallest absolute Gasteiger partial charge is 0.0640 e. The molecule has 1 aromatic rings. The number of hydrogen-bond acceptors (Lipinski definition) is 2. The van der Waals surface area contributed by atoms with Gasteiger partial charge < -0.3 is 10.1 Å². The molecule has 0 saturated carbocycles. The third-order valence-electron chi connectivity index (χ3n) is 3.27. The van der Waals surface area contributed by atoms with Gasteiger partial charge in [-0.25, -0.2) is 0 Å². The van der Waals surface area contributed by atoms with Crippen LogP contribution < -0.4 is 5.32 Å². The largest absolute Gasteiger partial charge is 0.381 e. The van der Waals surface area contributed by atoms with Crippen molar-refractivity contribution in [1.29, 1.82) is 0 Å². The van der Waals surface area contributed by atoms with Crippen LogP contribution in [-0.4, -0.2) is 19.3 Å². The third kappa shape index (κ3) is 2.50. The highest BCUT2D eigenvalue weighted by atomic mass is 35.5. The molecule has 1 saturated heterocycles. The van der Waals surface area contributed by atoms with Gasteiger partial charge in [0.25, 0.3) is 0 Å². The molecule has 0 aromatic heterocycles. The average Bonchev–Trinajstić information content (AvgIpc) is 2.76. The highest BCUT2D eigenvalue weighted by molar-refractivity contribution is 6.33. The van der Waals surface area contributed by atoms with Crippen LogP contribution >= 0.6 is 11.6 Å². The Morgan fingerprint density at radius 2 is 2.31 bits per heavy atom. The molecule has 1 fully saturated rings. The molecule has 1 N–H and O–H groups in total. The second-order valence-corrected chi connectivity index (χ2v) is 4.90. The Morgan fingerprint density at radius 1 is 1.50 bits per heavy atom. The van der Waals surface area contributed by atoms with Gasteiger partial charge in [-0.3, -0.25) is 0 Å². The van der Waals surface area contributed by atoms with Crippen LogP contribution in [0, 0.1) is 12.8 Å². The molecule has 0 spiro atoms. The van der Waals surface area contributed by atoms with Gasteiger partial charge in [0.15, 0.2) is 0 Å². The summed E-state index contributed by atoms with van der Waals surface area (Å²) in [6, 6.07) is 6.38. The first-order valence-electron chi connectivity index (χ1n) is 5.78. The summed E-state index contributed by atoms with van der Waals surface area (Å²) in [5, 5.41) is 4.31. The number of hydrogen-bond donors (Lipinski definition) is 1. The predicted molar refractivity (Wildman–Crippen MR) is 68.2 cm³/mol. The van der Waals surface area contributed by atoms with Crippen LogP contribution in [0.2, 0.25) is 5.02 Å². The van der Waals surface area contributed by atoms with E-state index in [1.807, 2.05) is 12.1 Å². The molecule has 16 heavy (non-hydrogen) atoms. The predicted octanol–water partition coefficient (Wildman–Crippen LogP) is 3.49. The number of ether oxygens (including phenoxy) is 1. The Hall–Kier alpha value is -0.730. The summed E-state index contributed by atoms with van der Waals surface area (Å²) in [4.78, 5) is 0. The van der Waals surface area contributed by atoms with Crippen molar-refractivity contribution in [2.24, 2.45) is 5.92 Å². The summed E-state index contributed by atoms with van der Waals surface area (Å²) in [5.41, 5.74) is 2.25. The molecule has 1 aliphatic heterocycles. The van der Waals surface area contributed by atoms with Gasteiger partial charge in [0, 0.05) is 18.6 Å². The van der Waals surface area contributed by atoms with E-state index in [0.29, 0.717) is 12.0 Å². The Morgan fingerprint density at radius 3 is 2.94 bits per heavy atom. The van der Waals surface area contributed by atoms with Crippen LogP contribution in [-0.2, 0) is 4.74 Å².